The highest BCUT2D eigenvalue weighted by Gasteiger charge is 2.21. The highest BCUT2D eigenvalue weighted by molar-refractivity contribution is 9.10. The first-order chi connectivity index (χ1) is 9.06. The Balaban J connectivity index is 1.92. The van der Waals surface area contributed by atoms with Crippen LogP contribution < -0.4 is 0 Å². The van der Waals surface area contributed by atoms with Crippen LogP contribution in [0.4, 0.5) is 0 Å². The van der Waals surface area contributed by atoms with E-state index < -0.39 is 0 Å². The van der Waals surface area contributed by atoms with Gasteiger partial charge in [-0.05, 0) is 60.9 Å². The van der Waals surface area contributed by atoms with E-state index in [-0.39, 0.29) is 5.91 Å². The summed E-state index contributed by atoms with van der Waals surface area (Å²) in [6.45, 7) is 3.09. The summed E-state index contributed by atoms with van der Waals surface area (Å²) in [5.74, 6) is 0.665. The Morgan fingerprint density at radius 3 is 2.79 bits per heavy atom. The van der Waals surface area contributed by atoms with E-state index in [1.54, 1.807) is 12.4 Å². The first kappa shape index (κ1) is 14.5. The molecule has 0 aromatic carbocycles. The molecule has 0 saturated carbocycles. The van der Waals surface area contributed by atoms with Crippen molar-refractivity contribution in [1.29, 1.82) is 0 Å². The predicted molar refractivity (Wildman–Crippen MR) is 79.1 cm³/mol. The number of amides is 1. The molecule has 0 unspecified atom stereocenters. The van der Waals surface area contributed by atoms with Crippen molar-refractivity contribution in [3.05, 3.63) is 28.5 Å². The lowest BCUT2D eigenvalue weighted by Gasteiger charge is -2.31. The minimum absolute atomic E-state index is 0.0488. The van der Waals surface area contributed by atoms with Gasteiger partial charge in [0.2, 0.25) is 0 Å². The fourth-order valence-corrected chi connectivity index (χ4v) is 2.83. The number of likely N-dealkylation sites (tertiary alicyclic amines) is 1. The summed E-state index contributed by atoms with van der Waals surface area (Å²) >= 11 is 3.35. The molecule has 1 aliphatic heterocycles. The third kappa shape index (κ3) is 4.01. The van der Waals surface area contributed by atoms with Crippen molar-refractivity contribution in [2.75, 3.05) is 33.7 Å². The minimum atomic E-state index is 0.0488. The summed E-state index contributed by atoms with van der Waals surface area (Å²) in [5.41, 5.74) is 0.643. The van der Waals surface area contributed by atoms with E-state index in [0.717, 1.165) is 24.1 Å². The molecule has 0 N–H and O–H groups in total. The van der Waals surface area contributed by atoms with Crippen LogP contribution in [-0.4, -0.2) is 54.4 Å². The van der Waals surface area contributed by atoms with E-state index in [1.165, 1.54) is 12.8 Å². The molecule has 1 amide bonds. The third-order valence-electron chi connectivity index (χ3n) is 3.67. The van der Waals surface area contributed by atoms with E-state index in [0.29, 0.717) is 11.5 Å². The number of carbonyl (C=O) groups excluding carboxylic acids is 1. The molecule has 0 radical (unpaired) electrons. The maximum absolute atomic E-state index is 12.3. The summed E-state index contributed by atoms with van der Waals surface area (Å²) in [6, 6.07) is 1.82. The standard InChI is InChI=1S/C14H20BrN3O/c1-17-5-3-11(4-6-17)10-18(2)14(19)12-7-13(15)9-16-8-12/h7-9,11H,3-6,10H2,1-2H3. The normalized spacial score (nSPS) is 17.4. The van der Waals surface area contributed by atoms with Gasteiger partial charge in [-0.3, -0.25) is 9.78 Å². The van der Waals surface area contributed by atoms with Crippen LogP contribution in [-0.2, 0) is 0 Å². The molecule has 2 heterocycles. The number of aromatic nitrogens is 1. The Hall–Kier alpha value is -0.940. The van der Waals surface area contributed by atoms with Crippen molar-refractivity contribution in [2.24, 2.45) is 5.92 Å². The number of piperidine rings is 1. The van der Waals surface area contributed by atoms with Gasteiger partial charge in [0.05, 0.1) is 5.56 Å². The van der Waals surface area contributed by atoms with E-state index in [4.69, 9.17) is 0 Å². The van der Waals surface area contributed by atoms with Crippen LogP contribution in [0.15, 0.2) is 22.9 Å². The third-order valence-corrected chi connectivity index (χ3v) is 4.10. The number of nitrogens with zero attached hydrogens (tertiary/aromatic N) is 3. The molecule has 0 bridgehead atoms. The second-order valence-electron chi connectivity index (χ2n) is 5.32. The van der Waals surface area contributed by atoms with Gasteiger partial charge in [-0.2, -0.15) is 0 Å². The molecule has 1 saturated heterocycles. The Morgan fingerprint density at radius 1 is 1.47 bits per heavy atom. The largest absolute Gasteiger partial charge is 0.341 e. The highest BCUT2D eigenvalue weighted by Crippen LogP contribution is 2.18. The van der Waals surface area contributed by atoms with E-state index >= 15 is 0 Å². The van der Waals surface area contributed by atoms with Crippen LogP contribution in [0.1, 0.15) is 23.2 Å². The van der Waals surface area contributed by atoms with Gasteiger partial charge in [0.1, 0.15) is 0 Å². The van der Waals surface area contributed by atoms with Gasteiger partial charge in [0, 0.05) is 30.5 Å². The molecule has 19 heavy (non-hydrogen) atoms. The number of hydrogen-bond donors (Lipinski definition) is 0. The Bertz CT molecular complexity index is 444. The predicted octanol–water partition coefficient (Wildman–Crippen LogP) is 2.26. The van der Waals surface area contributed by atoms with Gasteiger partial charge >= 0.3 is 0 Å². The van der Waals surface area contributed by atoms with Crippen molar-refractivity contribution < 1.29 is 4.79 Å². The Kier molecular flexibility index (Phi) is 4.93. The van der Waals surface area contributed by atoms with E-state index in [1.807, 2.05) is 18.0 Å². The first-order valence-corrected chi connectivity index (χ1v) is 7.40. The molecule has 1 aromatic heterocycles. The number of rotatable bonds is 3. The lowest BCUT2D eigenvalue weighted by Crippen LogP contribution is -2.38. The van der Waals surface area contributed by atoms with Crippen molar-refractivity contribution >= 4 is 21.8 Å². The van der Waals surface area contributed by atoms with Crippen molar-refractivity contribution in [2.45, 2.75) is 12.8 Å². The summed E-state index contributed by atoms with van der Waals surface area (Å²) in [5, 5.41) is 0. The van der Waals surface area contributed by atoms with Gasteiger partial charge < -0.3 is 9.80 Å². The monoisotopic (exact) mass is 325 g/mol. The van der Waals surface area contributed by atoms with Crippen LogP contribution in [0.2, 0.25) is 0 Å². The SMILES string of the molecule is CN1CCC(CN(C)C(=O)c2cncc(Br)c2)CC1. The molecule has 0 atom stereocenters. The molecule has 0 aliphatic carbocycles. The van der Waals surface area contributed by atoms with Crippen molar-refractivity contribution in [3.8, 4) is 0 Å². The fraction of sp³-hybridized carbons (Fsp3) is 0.571. The van der Waals surface area contributed by atoms with E-state index in [2.05, 4.69) is 32.9 Å². The molecule has 2 rings (SSSR count). The minimum Gasteiger partial charge on any atom is -0.341 e. The molecule has 1 aliphatic rings. The molecule has 4 nitrogen and oxygen atoms in total. The maximum atomic E-state index is 12.3. The van der Waals surface area contributed by atoms with Gasteiger partial charge in [-0.1, -0.05) is 0 Å². The zero-order valence-electron chi connectivity index (χ0n) is 11.5. The smallest absolute Gasteiger partial charge is 0.255 e. The average Bonchev–Trinajstić information content (AvgIpc) is 2.40. The second-order valence-corrected chi connectivity index (χ2v) is 6.24. The van der Waals surface area contributed by atoms with Gasteiger partial charge in [-0.25, -0.2) is 0 Å². The van der Waals surface area contributed by atoms with Crippen molar-refractivity contribution in [3.63, 3.8) is 0 Å². The van der Waals surface area contributed by atoms with Crippen LogP contribution in [0, 0.1) is 5.92 Å². The van der Waals surface area contributed by atoms with Crippen LogP contribution in [0.25, 0.3) is 0 Å². The van der Waals surface area contributed by atoms with Crippen molar-refractivity contribution in [1.82, 2.24) is 14.8 Å². The summed E-state index contributed by atoms with van der Waals surface area (Å²) in [6.07, 6.45) is 5.65. The van der Waals surface area contributed by atoms with Gasteiger partial charge in [-0.15, -0.1) is 0 Å². The molecule has 0 spiro atoms. The number of carbonyl (C=O) groups is 1. The molecule has 104 valence electrons. The lowest BCUT2D eigenvalue weighted by molar-refractivity contribution is 0.0746. The fourth-order valence-electron chi connectivity index (χ4n) is 2.46. The molecular weight excluding hydrogens is 306 g/mol. The first-order valence-electron chi connectivity index (χ1n) is 6.61. The summed E-state index contributed by atoms with van der Waals surface area (Å²) < 4.78 is 0.839. The zero-order chi connectivity index (χ0) is 13.8. The second kappa shape index (κ2) is 6.48. The average molecular weight is 326 g/mol. The summed E-state index contributed by atoms with van der Waals surface area (Å²) in [4.78, 5) is 20.5. The zero-order valence-corrected chi connectivity index (χ0v) is 13.1. The summed E-state index contributed by atoms with van der Waals surface area (Å²) in [7, 11) is 4.03. The number of halogens is 1. The molecular formula is C14H20BrN3O. The lowest BCUT2D eigenvalue weighted by atomic mass is 9.96. The maximum Gasteiger partial charge on any atom is 0.255 e. The van der Waals surface area contributed by atoms with Crippen LogP contribution in [0.5, 0.6) is 0 Å². The molecule has 1 aromatic rings. The van der Waals surface area contributed by atoms with Crippen LogP contribution >= 0.6 is 15.9 Å². The Labute approximate surface area is 122 Å². The number of hydrogen-bond acceptors (Lipinski definition) is 3. The van der Waals surface area contributed by atoms with E-state index in [9.17, 15) is 4.79 Å². The number of pyridine rings is 1. The van der Waals surface area contributed by atoms with Gasteiger partial charge in [0.15, 0.2) is 0 Å². The van der Waals surface area contributed by atoms with Crippen LogP contribution in [0.3, 0.4) is 0 Å². The highest BCUT2D eigenvalue weighted by atomic mass is 79.9. The molecule has 5 heteroatoms. The van der Waals surface area contributed by atoms with Gasteiger partial charge in [0.25, 0.3) is 5.91 Å². The Morgan fingerprint density at radius 2 is 2.16 bits per heavy atom. The topological polar surface area (TPSA) is 36.4 Å². The quantitative estimate of drug-likeness (QED) is 0.855. The molecule has 1 fully saturated rings.